The number of rotatable bonds is 10. The van der Waals surface area contributed by atoms with Crippen LogP contribution in [0.15, 0.2) is 53.1 Å². The minimum atomic E-state index is -0.809. The van der Waals surface area contributed by atoms with Crippen molar-refractivity contribution in [1.29, 1.82) is 0 Å². The van der Waals surface area contributed by atoms with Crippen molar-refractivity contribution in [2.75, 3.05) is 13.2 Å². The molecule has 2 aliphatic rings. The molecule has 0 saturated heterocycles. The SMILES string of the molecule is C[C@@H](OC[C@H](O)CNC(C)(C)Cc1ccc2occc2c1)c1cccc2c1O[C@@H]1[C@@H](C(=O)O)[C@H]21. The molecule has 1 aromatic heterocycles. The molecule has 3 aromatic rings. The molecule has 0 amide bonds. The van der Waals surface area contributed by atoms with Crippen LogP contribution in [0.1, 0.15) is 49.5 Å². The van der Waals surface area contributed by atoms with Gasteiger partial charge in [-0.1, -0.05) is 24.3 Å². The molecular formula is C27H31NO6. The molecule has 0 bridgehead atoms. The molecule has 1 aliphatic carbocycles. The number of ether oxygens (including phenoxy) is 2. The second kappa shape index (κ2) is 8.73. The Balaban J connectivity index is 1.12. The van der Waals surface area contributed by atoms with E-state index in [0.717, 1.165) is 34.3 Å². The van der Waals surface area contributed by atoms with Gasteiger partial charge in [-0.3, -0.25) is 4.79 Å². The summed E-state index contributed by atoms with van der Waals surface area (Å²) in [5, 5.41) is 24.4. The minimum Gasteiger partial charge on any atom is -0.488 e. The number of aliphatic carboxylic acids is 1. The van der Waals surface area contributed by atoms with Crippen molar-refractivity contribution in [2.24, 2.45) is 5.92 Å². The molecule has 0 radical (unpaired) electrons. The normalized spacial score (nSPS) is 22.6. The maximum Gasteiger partial charge on any atom is 0.311 e. The van der Waals surface area contributed by atoms with E-state index in [2.05, 4.69) is 31.3 Å². The van der Waals surface area contributed by atoms with E-state index in [-0.39, 0.29) is 30.3 Å². The van der Waals surface area contributed by atoms with Gasteiger partial charge in [0.15, 0.2) is 0 Å². The van der Waals surface area contributed by atoms with Gasteiger partial charge >= 0.3 is 5.97 Å². The van der Waals surface area contributed by atoms with Crippen LogP contribution in [-0.2, 0) is 16.0 Å². The lowest BCUT2D eigenvalue weighted by Gasteiger charge is -2.28. The minimum absolute atomic E-state index is 0.0640. The fraction of sp³-hybridized carbons (Fsp3) is 0.444. The predicted octanol–water partition coefficient (Wildman–Crippen LogP) is 4.04. The zero-order valence-corrected chi connectivity index (χ0v) is 19.7. The Bertz CT molecular complexity index is 1200. The molecule has 1 fully saturated rings. The average molecular weight is 466 g/mol. The second-order valence-corrected chi connectivity index (χ2v) is 10.1. The van der Waals surface area contributed by atoms with Gasteiger partial charge in [0.05, 0.1) is 25.1 Å². The van der Waals surface area contributed by atoms with Crippen molar-refractivity contribution >= 4 is 16.9 Å². The van der Waals surface area contributed by atoms with Crippen molar-refractivity contribution in [2.45, 2.75) is 57.0 Å². The standard InChI is InChI=1S/C27H31NO6/c1-15(19-5-4-6-20-22-23(26(30)31)25(22)34-24(19)20)33-14-18(29)13-28-27(2,3)12-16-7-8-21-17(11-16)9-10-32-21/h4-11,15,18,22-23,25,28-29H,12-14H2,1-3H3,(H,30,31)/t15-,18-,22+,23+,25+/m1/s1. The Labute approximate surface area is 198 Å². The predicted molar refractivity (Wildman–Crippen MR) is 127 cm³/mol. The molecule has 5 rings (SSSR count). The molecule has 2 heterocycles. The number of aliphatic hydroxyl groups excluding tert-OH is 1. The lowest BCUT2D eigenvalue weighted by molar-refractivity contribution is -0.139. The van der Waals surface area contributed by atoms with Gasteiger partial charge in [0.2, 0.25) is 0 Å². The molecule has 1 saturated carbocycles. The molecule has 2 aromatic carbocycles. The number of carbonyl (C=O) groups is 1. The number of nitrogens with one attached hydrogen (secondary N) is 1. The first-order valence-corrected chi connectivity index (χ1v) is 11.8. The third kappa shape index (κ3) is 4.43. The van der Waals surface area contributed by atoms with E-state index in [1.165, 1.54) is 5.56 Å². The summed E-state index contributed by atoms with van der Waals surface area (Å²) in [6.07, 6.45) is 1.29. The summed E-state index contributed by atoms with van der Waals surface area (Å²) in [6, 6.07) is 13.9. The third-order valence-electron chi connectivity index (χ3n) is 6.88. The summed E-state index contributed by atoms with van der Waals surface area (Å²) in [7, 11) is 0. The lowest BCUT2D eigenvalue weighted by atomic mass is 9.94. The Kier molecular flexibility index (Phi) is 5.88. The first-order valence-electron chi connectivity index (χ1n) is 11.8. The van der Waals surface area contributed by atoms with Crippen molar-refractivity contribution in [3.63, 3.8) is 0 Å². The maximum absolute atomic E-state index is 11.3. The highest BCUT2D eigenvalue weighted by Crippen LogP contribution is 2.59. The fourth-order valence-electron chi connectivity index (χ4n) is 5.02. The number of aliphatic hydroxyl groups is 1. The summed E-state index contributed by atoms with van der Waals surface area (Å²) in [4.78, 5) is 11.3. The third-order valence-corrected chi connectivity index (χ3v) is 6.88. The molecule has 180 valence electrons. The largest absolute Gasteiger partial charge is 0.488 e. The Morgan fingerprint density at radius 2 is 2.06 bits per heavy atom. The van der Waals surface area contributed by atoms with Gasteiger partial charge in [-0.05, 0) is 51.0 Å². The Morgan fingerprint density at radius 3 is 2.85 bits per heavy atom. The highest BCUT2D eigenvalue weighted by molar-refractivity contribution is 5.79. The van der Waals surface area contributed by atoms with Gasteiger partial charge in [-0.2, -0.15) is 0 Å². The summed E-state index contributed by atoms with van der Waals surface area (Å²) in [5.74, 6) is -0.579. The number of carboxylic acid groups (broad SMARTS) is 1. The summed E-state index contributed by atoms with van der Waals surface area (Å²) < 4.78 is 17.3. The molecular weight excluding hydrogens is 434 g/mol. The highest BCUT2D eigenvalue weighted by atomic mass is 16.5. The number of hydrogen-bond donors (Lipinski definition) is 3. The smallest absolute Gasteiger partial charge is 0.311 e. The van der Waals surface area contributed by atoms with Gasteiger partial charge in [-0.15, -0.1) is 0 Å². The van der Waals surface area contributed by atoms with Crippen molar-refractivity contribution < 1.29 is 28.9 Å². The van der Waals surface area contributed by atoms with Crippen LogP contribution in [0.25, 0.3) is 11.0 Å². The molecule has 5 atom stereocenters. The zero-order chi connectivity index (χ0) is 24.0. The zero-order valence-electron chi connectivity index (χ0n) is 19.7. The number of para-hydroxylation sites is 1. The van der Waals surface area contributed by atoms with E-state index in [4.69, 9.17) is 13.9 Å². The Hall–Kier alpha value is -2.87. The van der Waals surface area contributed by atoms with Crippen LogP contribution in [0.4, 0.5) is 0 Å². The van der Waals surface area contributed by atoms with Crippen molar-refractivity contribution in [1.82, 2.24) is 5.32 Å². The average Bonchev–Trinajstić information content (AvgIpc) is 3.12. The molecule has 7 nitrogen and oxygen atoms in total. The van der Waals surface area contributed by atoms with E-state index in [9.17, 15) is 15.0 Å². The second-order valence-electron chi connectivity index (χ2n) is 10.1. The van der Waals surface area contributed by atoms with E-state index in [1.54, 1.807) is 6.26 Å². The topological polar surface area (TPSA) is 101 Å². The quantitative estimate of drug-likeness (QED) is 0.415. The fourth-order valence-corrected chi connectivity index (χ4v) is 5.02. The van der Waals surface area contributed by atoms with Crippen LogP contribution in [-0.4, -0.2) is 47.1 Å². The van der Waals surface area contributed by atoms with Crippen LogP contribution in [0, 0.1) is 5.92 Å². The maximum atomic E-state index is 11.3. The first kappa shape index (κ1) is 22.9. The summed E-state index contributed by atoms with van der Waals surface area (Å²) in [6.45, 7) is 6.74. The van der Waals surface area contributed by atoms with E-state index in [1.807, 2.05) is 37.3 Å². The van der Waals surface area contributed by atoms with E-state index >= 15 is 0 Å². The van der Waals surface area contributed by atoms with Gasteiger partial charge in [0.1, 0.15) is 23.4 Å². The van der Waals surface area contributed by atoms with Gasteiger partial charge < -0.3 is 29.4 Å². The van der Waals surface area contributed by atoms with Crippen LogP contribution in [0.3, 0.4) is 0 Å². The number of β-amino-alcohol motifs (C(OH)–C–C–N with tert-alkyl or cyclic N) is 1. The number of benzene rings is 2. The lowest BCUT2D eigenvalue weighted by Crippen LogP contribution is -2.46. The molecule has 0 unspecified atom stereocenters. The Morgan fingerprint density at radius 1 is 1.24 bits per heavy atom. The van der Waals surface area contributed by atoms with Gasteiger partial charge in [0.25, 0.3) is 0 Å². The molecule has 7 heteroatoms. The summed E-state index contributed by atoms with van der Waals surface area (Å²) in [5.41, 5.74) is 3.71. The number of carboxylic acids is 1. The number of hydrogen-bond acceptors (Lipinski definition) is 6. The highest BCUT2D eigenvalue weighted by Gasteiger charge is 2.63. The van der Waals surface area contributed by atoms with Gasteiger partial charge in [0, 0.05) is 34.5 Å². The number of furan rings is 1. The molecule has 3 N–H and O–H groups in total. The summed E-state index contributed by atoms with van der Waals surface area (Å²) >= 11 is 0. The van der Waals surface area contributed by atoms with Crippen LogP contribution in [0.2, 0.25) is 0 Å². The molecule has 0 spiro atoms. The molecule has 34 heavy (non-hydrogen) atoms. The van der Waals surface area contributed by atoms with Crippen LogP contribution >= 0.6 is 0 Å². The van der Waals surface area contributed by atoms with Crippen molar-refractivity contribution in [3.05, 3.63) is 65.4 Å². The van der Waals surface area contributed by atoms with Crippen LogP contribution in [0.5, 0.6) is 5.75 Å². The van der Waals surface area contributed by atoms with E-state index < -0.39 is 18.0 Å². The number of fused-ring (bicyclic) bond motifs is 4. The van der Waals surface area contributed by atoms with E-state index in [0.29, 0.717) is 6.54 Å². The first-order chi connectivity index (χ1) is 16.2. The van der Waals surface area contributed by atoms with Gasteiger partial charge in [-0.25, -0.2) is 0 Å². The molecule has 1 aliphatic heterocycles. The monoisotopic (exact) mass is 465 g/mol. The van der Waals surface area contributed by atoms with Crippen LogP contribution < -0.4 is 10.1 Å². The van der Waals surface area contributed by atoms with Crippen molar-refractivity contribution in [3.8, 4) is 5.75 Å².